The lowest BCUT2D eigenvalue weighted by Crippen LogP contribution is -2.44. The Bertz CT molecular complexity index is 1050. The summed E-state index contributed by atoms with van der Waals surface area (Å²) in [6.07, 6.45) is 0.132. The van der Waals surface area contributed by atoms with Crippen molar-refractivity contribution in [2.75, 3.05) is 26.2 Å². The molecule has 0 aliphatic heterocycles. The number of carboxylic acids is 4. The number of carboxylic acid groups (broad SMARTS) is 4. The predicted molar refractivity (Wildman–Crippen MR) is 140 cm³/mol. The maximum Gasteiger partial charge on any atom is 0.335 e. The number of rotatable bonds is 14. The van der Waals surface area contributed by atoms with E-state index in [-0.39, 0.29) is 25.1 Å². The molecule has 11 nitrogen and oxygen atoms in total. The van der Waals surface area contributed by atoms with Gasteiger partial charge in [0.15, 0.2) is 5.75 Å². The fraction of sp³-hybridized carbons (Fsp3) is 0.273. The SMILES string of the molecule is O=C(O)CN(CCN[C@@H](Cc1cc(I)c(Oc2ccc(C(=O)O)cc2)c(I)c1)C(=O)O)CC(=O)O. The Balaban J connectivity index is 2.06. The molecule has 2 rings (SSSR count). The lowest BCUT2D eigenvalue weighted by Gasteiger charge is -2.21. The first-order valence-corrected chi connectivity index (χ1v) is 12.2. The zero-order valence-corrected chi connectivity index (χ0v) is 22.4. The minimum atomic E-state index is -1.18. The second-order valence-corrected chi connectivity index (χ2v) is 9.69. The van der Waals surface area contributed by atoms with Crippen LogP contribution < -0.4 is 10.1 Å². The number of hydrogen-bond donors (Lipinski definition) is 5. The molecule has 188 valence electrons. The van der Waals surface area contributed by atoms with E-state index in [4.69, 9.17) is 20.1 Å². The van der Waals surface area contributed by atoms with E-state index in [9.17, 15) is 24.3 Å². The van der Waals surface area contributed by atoms with Crippen LogP contribution in [0.15, 0.2) is 36.4 Å². The van der Waals surface area contributed by atoms with Crippen molar-refractivity contribution < 1.29 is 44.3 Å². The second-order valence-electron chi connectivity index (χ2n) is 7.37. The molecule has 0 spiro atoms. The third-order valence-corrected chi connectivity index (χ3v) is 6.26. The van der Waals surface area contributed by atoms with Gasteiger partial charge in [-0.1, -0.05) is 0 Å². The van der Waals surface area contributed by atoms with Gasteiger partial charge in [-0.3, -0.25) is 19.3 Å². The minimum Gasteiger partial charge on any atom is -0.480 e. The summed E-state index contributed by atoms with van der Waals surface area (Å²) in [5.41, 5.74) is 0.860. The lowest BCUT2D eigenvalue weighted by atomic mass is 10.1. The van der Waals surface area contributed by atoms with Gasteiger partial charge in [0.05, 0.1) is 25.8 Å². The molecule has 2 aromatic rings. The number of nitrogens with zero attached hydrogens (tertiary/aromatic N) is 1. The summed E-state index contributed by atoms with van der Waals surface area (Å²) in [7, 11) is 0. The maximum absolute atomic E-state index is 11.8. The topological polar surface area (TPSA) is 174 Å². The summed E-state index contributed by atoms with van der Waals surface area (Å²) >= 11 is 4.14. The van der Waals surface area contributed by atoms with Crippen LogP contribution in [-0.4, -0.2) is 81.4 Å². The number of aromatic carboxylic acids is 1. The molecule has 0 radical (unpaired) electrons. The number of carbonyl (C=O) groups is 4. The van der Waals surface area contributed by atoms with Gasteiger partial charge in [-0.15, -0.1) is 0 Å². The Morgan fingerprint density at radius 3 is 1.91 bits per heavy atom. The summed E-state index contributed by atoms with van der Waals surface area (Å²) in [5.74, 6) is -3.48. The van der Waals surface area contributed by atoms with Crippen molar-refractivity contribution in [3.05, 3.63) is 54.7 Å². The van der Waals surface area contributed by atoms with Crippen molar-refractivity contribution in [2.24, 2.45) is 0 Å². The average Bonchev–Trinajstić information content (AvgIpc) is 2.75. The van der Waals surface area contributed by atoms with Gasteiger partial charge in [0.1, 0.15) is 11.8 Å². The molecule has 0 aromatic heterocycles. The number of ether oxygens (including phenoxy) is 1. The van der Waals surface area contributed by atoms with E-state index < -0.39 is 43.0 Å². The summed E-state index contributed by atoms with van der Waals surface area (Å²) < 4.78 is 7.35. The molecule has 0 aliphatic rings. The van der Waals surface area contributed by atoms with Gasteiger partial charge in [-0.05, 0) is 93.6 Å². The molecule has 0 bridgehead atoms. The van der Waals surface area contributed by atoms with Crippen LogP contribution in [0.3, 0.4) is 0 Å². The average molecular weight is 712 g/mol. The third kappa shape index (κ3) is 9.58. The maximum atomic E-state index is 11.8. The monoisotopic (exact) mass is 712 g/mol. The molecule has 5 N–H and O–H groups in total. The largest absolute Gasteiger partial charge is 0.480 e. The highest BCUT2D eigenvalue weighted by molar-refractivity contribution is 14.1. The van der Waals surface area contributed by atoms with Crippen molar-refractivity contribution in [3.8, 4) is 11.5 Å². The number of benzene rings is 2. The van der Waals surface area contributed by atoms with Gasteiger partial charge in [-0.2, -0.15) is 0 Å². The molecular weight excluding hydrogens is 690 g/mol. The second kappa shape index (κ2) is 13.6. The van der Waals surface area contributed by atoms with E-state index in [1.807, 2.05) is 0 Å². The molecule has 1 atom stereocenters. The number of halogens is 2. The van der Waals surface area contributed by atoms with Crippen molar-refractivity contribution in [1.29, 1.82) is 0 Å². The molecule has 0 aliphatic carbocycles. The Labute approximate surface area is 227 Å². The summed E-state index contributed by atoms with van der Waals surface area (Å²) in [4.78, 5) is 45.7. The molecule has 2 aromatic carbocycles. The first-order chi connectivity index (χ1) is 16.5. The summed E-state index contributed by atoms with van der Waals surface area (Å²) in [5, 5.41) is 39.3. The molecule has 0 unspecified atom stereocenters. The van der Waals surface area contributed by atoms with Gasteiger partial charge in [-0.25, -0.2) is 4.79 Å². The fourth-order valence-electron chi connectivity index (χ4n) is 3.09. The van der Waals surface area contributed by atoms with Crippen LogP contribution >= 0.6 is 45.2 Å². The first kappa shape index (κ1) is 28.7. The summed E-state index contributed by atoms with van der Waals surface area (Å²) in [6.45, 7) is -0.810. The van der Waals surface area contributed by atoms with Crippen LogP contribution in [0.5, 0.6) is 11.5 Å². The van der Waals surface area contributed by atoms with Crippen LogP contribution in [-0.2, 0) is 20.8 Å². The number of nitrogens with one attached hydrogen (secondary N) is 1. The highest BCUT2D eigenvalue weighted by atomic mass is 127. The molecule has 0 amide bonds. The van der Waals surface area contributed by atoms with Crippen LogP contribution in [0, 0.1) is 7.14 Å². The Morgan fingerprint density at radius 1 is 0.914 bits per heavy atom. The Morgan fingerprint density at radius 2 is 1.46 bits per heavy atom. The van der Waals surface area contributed by atoms with Crippen LogP contribution in [0.1, 0.15) is 15.9 Å². The molecule has 13 heteroatoms. The summed E-state index contributed by atoms with van der Waals surface area (Å²) in [6, 6.07) is 8.54. The van der Waals surface area contributed by atoms with E-state index in [1.165, 1.54) is 17.0 Å². The quantitative estimate of drug-likeness (QED) is 0.182. The predicted octanol–water partition coefficient (Wildman–Crippen LogP) is 2.44. The molecule has 0 saturated heterocycles. The van der Waals surface area contributed by atoms with Crippen LogP contribution in [0.25, 0.3) is 0 Å². The van der Waals surface area contributed by atoms with Gasteiger partial charge < -0.3 is 30.5 Å². The van der Waals surface area contributed by atoms with E-state index >= 15 is 0 Å². The zero-order valence-electron chi connectivity index (χ0n) is 18.1. The molecular formula is C22H22I2N2O9. The van der Waals surface area contributed by atoms with Crippen molar-refractivity contribution in [3.63, 3.8) is 0 Å². The van der Waals surface area contributed by atoms with E-state index in [0.29, 0.717) is 11.5 Å². The lowest BCUT2D eigenvalue weighted by molar-refractivity contribution is -0.143. The van der Waals surface area contributed by atoms with Gasteiger partial charge in [0.2, 0.25) is 0 Å². The first-order valence-electron chi connectivity index (χ1n) is 10.1. The highest BCUT2D eigenvalue weighted by Crippen LogP contribution is 2.33. The highest BCUT2D eigenvalue weighted by Gasteiger charge is 2.21. The van der Waals surface area contributed by atoms with Crippen LogP contribution in [0.4, 0.5) is 0 Å². The van der Waals surface area contributed by atoms with Crippen LogP contribution in [0.2, 0.25) is 0 Å². The molecule has 0 heterocycles. The Hall–Kier alpha value is -2.50. The minimum absolute atomic E-state index is 0.0465. The smallest absolute Gasteiger partial charge is 0.335 e. The van der Waals surface area contributed by atoms with E-state index in [0.717, 1.165) is 12.7 Å². The normalized spacial score (nSPS) is 11.7. The van der Waals surface area contributed by atoms with Crippen molar-refractivity contribution in [2.45, 2.75) is 12.5 Å². The standard InChI is InChI=1S/C22H22I2N2O9/c23-15-7-12(8-16(24)20(15)35-14-3-1-13(2-4-14)21(31)32)9-17(22(33)34)25-5-6-26(10-18(27)28)11-19(29)30/h1-4,7-8,17,25H,5-6,9-11H2,(H,27,28)(H,29,30)(H,31,32)(H,33,34)/t17-/m0/s1. The fourth-order valence-corrected chi connectivity index (χ4v) is 5.20. The zero-order chi connectivity index (χ0) is 26.1. The Kier molecular flexibility index (Phi) is 11.1. The van der Waals surface area contributed by atoms with Gasteiger partial charge in [0.25, 0.3) is 0 Å². The molecule has 0 saturated carbocycles. The van der Waals surface area contributed by atoms with Gasteiger partial charge >= 0.3 is 23.9 Å². The van der Waals surface area contributed by atoms with Crippen molar-refractivity contribution >= 4 is 69.1 Å². The third-order valence-electron chi connectivity index (χ3n) is 4.65. The number of hydrogen-bond acceptors (Lipinski definition) is 7. The van der Waals surface area contributed by atoms with E-state index in [1.54, 1.807) is 24.3 Å². The molecule has 35 heavy (non-hydrogen) atoms. The van der Waals surface area contributed by atoms with E-state index in [2.05, 4.69) is 50.5 Å². The number of aliphatic carboxylic acids is 3. The van der Waals surface area contributed by atoms with Gasteiger partial charge in [0, 0.05) is 13.1 Å². The van der Waals surface area contributed by atoms with Crippen molar-refractivity contribution in [1.82, 2.24) is 10.2 Å². The molecule has 0 fully saturated rings.